The van der Waals surface area contributed by atoms with E-state index >= 15 is 0 Å². The lowest BCUT2D eigenvalue weighted by Crippen LogP contribution is -2.28. The first kappa shape index (κ1) is 18.1. The van der Waals surface area contributed by atoms with Gasteiger partial charge in [-0.2, -0.15) is 0 Å². The van der Waals surface area contributed by atoms with Crippen molar-refractivity contribution >= 4 is 17.5 Å². The predicted octanol–water partition coefficient (Wildman–Crippen LogP) is 3.94. The zero-order chi connectivity index (χ0) is 18.4. The van der Waals surface area contributed by atoms with Crippen LogP contribution in [0, 0.1) is 11.6 Å². The number of rotatable bonds is 4. The second kappa shape index (κ2) is 8.62. The number of amides is 1. The van der Waals surface area contributed by atoms with Crippen molar-refractivity contribution < 1.29 is 23.0 Å². The zero-order valence-corrected chi connectivity index (χ0v) is 14.2. The first-order valence-electron chi connectivity index (χ1n) is 8.43. The number of carbonyl (C=O) groups is 1. The summed E-state index contributed by atoms with van der Waals surface area (Å²) in [6.45, 7) is 2.00. The highest BCUT2D eigenvalue weighted by molar-refractivity contribution is 5.85. The summed E-state index contributed by atoms with van der Waals surface area (Å²) in [5.41, 5.74) is 0.727. The maximum atomic E-state index is 14.4. The van der Waals surface area contributed by atoms with E-state index in [0.29, 0.717) is 32.7 Å². The molecule has 138 valence electrons. The van der Waals surface area contributed by atoms with Crippen LogP contribution in [-0.2, 0) is 16.1 Å². The van der Waals surface area contributed by atoms with Crippen LogP contribution in [0.25, 0.3) is 0 Å². The third-order valence-electron chi connectivity index (χ3n) is 4.01. The Morgan fingerprint density at radius 1 is 1.12 bits per heavy atom. The summed E-state index contributed by atoms with van der Waals surface area (Å²) in [6, 6.07) is 11.3. The average molecular weight is 362 g/mol. The molecule has 1 amide bonds. The molecule has 1 aliphatic heterocycles. The molecule has 3 rings (SSSR count). The second-order valence-electron chi connectivity index (χ2n) is 5.93. The van der Waals surface area contributed by atoms with Gasteiger partial charge in [0, 0.05) is 25.4 Å². The van der Waals surface area contributed by atoms with Gasteiger partial charge in [-0.05, 0) is 24.1 Å². The van der Waals surface area contributed by atoms with Gasteiger partial charge in [-0.25, -0.2) is 13.6 Å². The van der Waals surface area contributed by atoms with Gasteiger partial charge in [-0.3, -0.25) is 5.32 Å². The first-order chi connectivity index (χ1) is 12.6. The zero-order valence-electron chi connectivity index (χ0n) is 14.2. The Morgan fingerprint density at radius 3 is 2.58 bits per heavy atom. The molecule has 7 heteroatoms. The molecule has 1 heterocycles. The molecule has 5 nitrogen and oxygen atoms in total. The third-order valence-corrected chi connectivity index (χ3v) is 4.01. The highest BCUT2D eigenvalue weighted by Gasteiger charge is 2.20. The monoisotopic (exact) mass is 362 g/mol. The fraction of sp³-hybridized carbons (Fsp3) is 0.316. The van der Waals surface area contributed by atoms with E-state index in [-0.39, 0.29) is 18.0 Å². The van der Waals surface area contributed by atoms with E-state index in [4.69, 9.17) is 9.47 Å². The number of hydrogen-bond donors (Lipinski definition) is 1. The van der Waals surface area contributed by atoms with Crippen molar-refractivity contribution in [1.29, 1.82) is 0 Å². The van der Waals surface area contributed by atoms with Crippen molar-refractivity contribution in [2.75, 3.05) is 36.5 Å². The minimum absolute atomic E-state index is 0.00730. The number of halogens is 2. The van der Waals surface area contributed by atoms with Crippen LogP contribution in [0.3, 0.4) is 0 Å². The predicted molar refractivity (Wildman–Crippen MR) is 94.3 cm³/mol. The van der Waals surface area contributed by atoms with E-state index in [1.807, 2.05) is 30.3 Å². The van der Waals surface area contributed by atoms with Crippen LogP contribution in [0.2, 0.25) is 0 Å². The molecular formula is C19H20F2N2O3. The van der Waals surface area contributed by atoms with Gasteiger partial charge >= 0.3 is 6.09 Å². The van der Waals surface area contributed by atoms with E-state index in [0.717, 1.165) is 17.7 Å². The van der Waals surface area contributed by atoms with Gasteiger partial charge in [-0.15, -0.1) is 0 Å². The molecule has 0 bridgehead atoms. The largest absolute Gasteiger partial charge is 0.444 e. The Labute approximate surface area is 150 Å². The topological polar surface area (TPSA) is 50.8 Å². The fourth-order valence-corrected chi connectivity index (χ4v) is 2.79. The molecule has 0 aliphatic carbocycles. The summed E-state index contributed by atoms with van der Waals surface area (Å²) in [5, 5.41) is 2.35. The molecule has 0 atom stereocenters. The summed E-state index contributed by atoms with van der Waals surface area (Å²) >= 11 is 0. The van der Waals surface area contributed by atoms with E-state index < -0.39 is 17.7 Å². The SMILES string of the molecule is O=C(Nc1cc(F)c(N2CCCOCC2)c(F)c1)OCc1ccccc1. The first-order valence-corrected chi connectivity index (χ1v) is 8.43. The smallest absolute Gasteiger partial charge is 0.411 e. The van der Waals surface area contributed by atoms with Gasteiger partial charge in [0.05, 0.1) is 6.61 Å². The van der Waals surface area contributed by atoms with Gasteiger partial charge in [0.25, 0.3) is 0 Å². The van der Waals surface area contributed by atoms with Gasteiger partial charge in [0.2, 0.25) is 0 Å². The maximum absolute atomic E-state index is 14.4. The van der Waals surface area contributed by atoms with Crippen molar-refractivity contribution in [3.63, 3.8) is 0 Å². The van der Waals surface area contributed by atoms with Gasteiger partial charge in [0.1, 0.15) is 12.3 Å². The summed E-state index contributed by atoms with van der Waals surface area (Å²) in [6.07, 6.45) is -0.0754. The normalized spacial score (nSPS) is 14.6. The number of carbonyl (C=O) groups excluding carboxylic acids is 1. The van der Waals surface area contributed by atoms with Gasteiger partial charge in [0.15, 0.2) is 11.6 Å². The van der Waals surface area contributed by atoms with Gasteiger partial charge in [-0.1, -0.05) is 30.3 Å². The van der Waals surface area contributed by atoms with Crippen LogP contribution in [-0.4, -0.2) is 32.4 Å². The highest BCUT2D eigenvalue weighted by atomic mass is 19.1. The van der Waals surface area contributed by atoms with Crippen LogP contribution in [0.4, 0.5) is 25.0 Å². The van der Waals surface area contributed by atoms with Crippen LogP contribution in [0.1, 0.15) is 12.0 Å². The molecule has 26 heavy (non-hydrogen) atoms. The Kier molecular flexibility index (Phi) is 6.01. The molecule has 0 unspecified atom stereocenters. The van der Waals surface area contributed by atoms with E-state index in [1.165, 1.54) is 0 Å². The van der Waals surface area contributed by atoms with Crippen LogP contribution >= 0.6 is 0 Å². The maximum Gasteiger partial charge on any atom is 0.411 e. The van der Waals surface area contributed by atoms with Crippen LogP contribution in [0.15, 0.2) is 42.5 Å². The van der Waals surface area contributed by atoms with E-state index in [2.05, 4.69) is 5.32 Å². The molecule has 0 spiro atoms. The number of nitrogens with zero attached hydrogens (tertiary/aromatic N) is 1. The molecule has 0 saturated carbocycles. The lowest BCUT2D eigenvalue weighted by Gasteiger charge is -2.23. The standard InChI is InChI=1S/C19H20F2N2O3/c20-16-11-15(22-19(24)26-13-14-5-2-1-3-6-14)12-17(21)18(16)23-7-4-9-25-10-8-23/h1-3,5-6,11-12H,4,7-10,13H2,(H,22,24). The highest BCUT2D eigenvalue weighted by Crippen LogP contribution is 2.28. The van der Waals surface area contributed by atoms with Crippen molar-refractivity contribution in [3.8, 4) is 0 Å². The Balaban J connectivity index is 1.64. The molecule has 1 saturated heterocycles. The molecule has 2 aromatic carbocycles. The second-order valence-corrected chi connectivity index (χ2v) is 5.93. The molecule has 1 aliphatic rings. The minimum Gasteiger partial charge on any atom is -0.444 e. The number of ether oxygens (including phenoxy) is 2. The van der Waals surface area contributed by atoms with Crippen molar-refractivity contribution in [1.82, 2.24) is 0 Å². The third kappa shape index (κ3) is 4.70. The van der Waals surface area contributed by atoms with Crippen molar-refractivity contribution in [2.24, 2.45) is 0 Å². The molecule has 1 N–H and O–H groups in total. The molecule has 2 aromatic rings. The van der Waals surface area contributed by atoms with Crippen molar-refractivity contribution in [2.45, 2.75) is 13.0 Å². The number of benzene rings is 2. The summed E-state index contributed by atoms with van der Waals surface area (Å²) in [4.78, 5) is 13.5. The Morgan fingerprint density at radius 2 is 1.85 bits per heavy atom. The molecule has 0 aromatic heterocycles. The van der Waals surface area contributed by atoms with Crippen molar-refractivity contribution in [3.05, 3.63) is 59.7 Å². The number of hydrogen-bond acceptors (Lipinski definition) is 4. The molecular weight excluding hydrogens is 342 g/mol. The van der Waals surface area contributed by atoms with E-state index in [9.17, 15) is 13.6 Å². The quantitative estimate of drug-likeness (QED) is 0.895. The number of nitrogens with one attached hydrogen (secondary N) is 1. The molecule has 0 radical (unpaired) electrons. The summed E-state index contributed by atoms with van der Waals surface area (Å²) < 4.78 is 39.2. The Bertz CT molecular complexity index is 725. The summed E-state index contributed by atoms with van der Waals surface area (Å²) in [7, 11) is 0. The van der Waals surface area contributed by atoms with E-state index in [1.54, 1.807) is 4.90 Å². The fourth-order valence-electron chi connectivity index (χ4n) is 2.79. The average Bonchev–Trinajstić information content (AvgIpc) is 2.90. The van der Waals surface area contributed by atoms with Crippen LogP contribution < -0.4 is 10.2 Å². The molecule has 1 fully saturated rings. The summed E-state index contributed by atoms with van der Waals surface area (Å²) in [5.74, 6) is -1.46. The lowest BCUT2D eigenvalue weighted by molar-refractivity contribution is 0.152. The Hall–Kier alpha value is -2.67. The van der Waals surface area contributed by atoms with Gasteiger partial charge < -0.3 is 14.4 Å². The minimum atomic E-state index is -0.774. The lowest BCUT2D eigenvalue weighted by atomic mass is 10.2. The van der Waals surface area contributed by atoms with Crippen LogP contribution in [0.5, 0.6) is 0 Å². The number of anilines is 2.